The molecule has 24 heavy (non-hydrogen) atoms. The van der Waals surface area contributed by atoms with Gasteiger partial charge in [0.25, 0.3) is 5.69 Å². The van der Waals surface area contributed by atoms with Gasteiger partial charge in [0.15, 0.2) is 0 Å². The molecule has 8 heteroatoms. The minimum Gasteiger partial charge on any atom is -0.258 e. The molecule has 0 fully saturated rings. The van der Waals surface area contributed by atoms with Gasteiger partial charge < -0.3 is 0 Å². The molecular weight excluding hydrogens is 341 g/mol. The summed E-state index contributed by atoms with van der Waals surface area (Å²) in [6.07, 6.45) is -4.41. The Kier molecular flexibility index (Phi) is 4.06. The van der Waals surface area contributed by atoms with Crippen LogP contribution in [0.25, 0.3) is 21.8 Å². The zero-order valence-electron chi connectivity index (χ0n) is 11.9. The van der Waals surface area contributed by atoms with E-state index in [-0.39, 0.29) is 5.69 Å². The van der Waals surface area contributed by atoms with Gasteiger partial charge in [0.1, 0.15) is 5.01 Å². The quantitative estimate of drug-likeness (QED) is 0.469. The molecular formula is C16H9F3N2O2S. The van der Waals surface area contributed by atoms with Crippen LogP contribution >= 0.6 is 11.3 Å². The van der Waals surface area contributed by atoms with E-state index in [4.69, 9.17) is 0 Å². The summed E-state index contributed by atoms with van der Waals surface area (Å²) in [5, 5.41) is 12.8. The topological polar surface area (TPSA) is 56.0 Å². The Morgan fingerprint density at radius 2 is 1.75 bits per heavy atom. The molecule has 0 aliphatic rings. The number of rotatable bonds is 3. The van der Waals surface area contributed by atoms with E-state index in [1.165, 1.54) is 29.5 Å². The summed E-state index contributed by atoms with van der Waals surface area (Å²) >= 11 is 1.21. The minimum atomic E-state index is -4.41. The number of aromatic nitrogens is 1. The first-order valence-electron chi connectivity index (χ1n) is 6.72. The molecule has 1 aromatic heterocycles. The number of hydrogen-bond acceptors (Lipinski definition) is 4. The van der Waals surface area contributed by atoms with Crippen molar-refractivity contribution in [1.29, 1.82) is 0 Å². The lowest BCUT2D eigenvalue weighted by Gasteiger charge is -2.07. The fourth-order valence-corrected chi connectivity index (χ4v) is 2.95. The average Bonchev–Trinajstić information content (AvgIpc) is 3.04. The third-order valence-corrected chi connectivity index (χ3v) is 4.21. The second kappa shape index (κ2) is 6.04. The monoisotopic (exact) mass is 350 g/mol. The maximum atomic E-state index is 12.8. The van der Waals surface area contributed by atoms with Crippen molar-refractivity contribution < 1.29 is 18.1 Å². The van der Waals surface area contributed by atoms with Crippen molar-refractivity contribution in [3.8, 4) is 21.8 Å². The predicted octanol–water partition coefficient (Wildman–Crippen LogP) is 5.40. The molecule has 0 amide bonds. The van der Waals surface area contributed by atoms with E-state index in [2.05, 4.69) is 4.98 Å². The van der Waals surface area contributed by atoms with Crippen LogP contribution in [0, 0.1) is 10.1 Å². The summed E-state index contributed by atoms with van der Waals surface area (Å²) in [5.41, 5.74) is 0.833. The van der Waals surface area contributed by atoms with Crippen LogP contribution in [0.3, 0.4) is 0 Å². The minimum absolute atomic E-state index is 0.0351. The molecule has 0 unspecified atom stereocenters. The average molecular weight is 350 g/mol. The van der Waals surface area contributed by atoms with E-state index in [0.29, 0.717) is 21.8 Å². The molecule has 4 nitrogen and oxygen atoms in total. The Morgan fingerprint density at radius 1 is 1.04 bits per heavy atom. The van der Waals surface area contributed by atoms with Gasteiger partial charge in [0.2, 0.25) is 0 Å². The highest BCUT2D eigenvalue weighted by molar-refractivity contribution is 7.13. The van der Waals surface area contributed by atoms with Gasteiger partial charge >= 0.3 is 6.18 Å². The first-order valence-corrected chi connectivity index (χ1v) is 7.60. The molecule has 3 rings (SSSR count). The summed E-state index contributed by atoms with van der Waals surface area (Å²) in [6.45, 7) is 0. The van der Waals surface area contributed by atoms with E-state index in [1.807, 2.05) is 0 Å². The van der Waals surface area contributed by atoms with Crippen LogP contribution in [0.1, 0.15) is 5.56 Å². The summed E-state index contributed by atoms with van der Waals surface area (Å²) in [5.74, 6) is 0. The number of benzene rings is 2. The molecule has 0 saturated heterocycles. The van der Waals surface area contributed by atoms with Crippen molar-refractivity contribution in [2.75, 3.05) is 0 Å². The summed E-state index contributed by atoms with van der Waals surface area (Å²) in [6, 6.07) is 10.8. The largest absolute Gasteiger partial charge is 0.416 e. The molecule has 122 valence electrons. The lowest BCUT2D eigenvalue weighted by Crippen LogP contribution is -2.04. The molecule has 0 spiro atoms. The summed E-state index contributed by atoms with van der Waals surface area (Å²) in [4.78, 5) is 14.5. The van der Waals surface area contributed by atoms with Crippen LogP contribution in [0.4, 0.5) is 18.9 Å². The van der Waals surface area contributed by atoms with Gasteiger partial charge in [-0.3, -0.25) is 10.1 Å². The lowest BCUT2D eigenvalue weighted by atomic mass is 10.1. The molecule has 1 heterocycles. The number of alkyl halides is 3. The highest BCUT2D eigenvalue weighted by Crippen LogP contribution is 2.34. The van der Waals surface area contributed by atoms with Gasteiger partial charge in [-0.15, -0.1) is 11.3 Å². The molecule has 0 saturated carbocycles. The van der Waals surface area contributed by atoms with Crippen molar-refractivity contribution >= 4 is 17.0 Å². The number of halogens is 3. The highest BCUT2D eigenvalue weighted by Gasteiger charge is 2.30. The third-order valence-electron chi connectivity index (χ3n) is 3.31. The van der Waals surface area contributed by atoms with Gasteiger partial charge in [-0.1, -0.05) is 12.1 Å². The van der Waals surface area contributed by atoms with Crippen LogP contribution in [0.2, 0.25) is 0 Å². The normalized spacial score (nSPS) is 11.5. The van der Waals surface area contributed by atoms with Crippen LogP contribution in [0.15, 0.2) is 53.9 Å². The number of hydrogen-bond donors (Lipinski definition) is 0. The fraction of sp³-hybridized carbons (Fsp3) is 0.0625. The van der Waals surface area contributed by atoms with Gasteiger partial charge in [-0.25, -0.2) is 4.98 Å². The smallest absolute Gasteiger partial charge is 0.258 e. The number of thiazole rings is 1. The number of nitro benzene ring substituents is 1. The number of nitro groups is 1. The second-order valence-electron chi connectivity index (χ2n) is 4.92. The maximum Gasteiger partial charge on any atom is 0.416 e. The van der Waals surface area contributed by atoms with Crippen molar-refractivity contribution in [2.24, 2.45) is 0 Å². The molecule has 3 aromatic rings. The predicted molar refractivity (Wildman–Crippen MR) is 84.6 cm³/mol. The SMILES string of the molecule is O=[N+]([O-])c1ccc(-c2csc(-c3cccc(C(F)(F)F)c3)n2)cc1. The van der Waals surface area contributed by atoms with E-state index in [1.54, 1.807) is 23.6 Å². The van der Waals surface area contributed by atoms with Crippen LogP contribution in [0.5, 0.6) is 0 Å². The van der Waals surface area contributed by atoms with Gasteiger partial charge in [0.05, 0.1) is 16.2 Å². The molecule has 0 radical (unpaired) electrons. The zero-order valence-corrected chi connectivity index (χ0v) is 12.8. The zero-order chi connectivity index (χ0) is 17.3. The molecule has 0 aliphatic heterocycles. The Hall–Kier alpha value is -2.74. The number of nitrogens with zero attached hydrogens (tertiary/aromatic N) is 2. The first-order chi connectivity index (χ1) is 11.3. The van der Waals surface area contributed by atoms with Crippen LogP contribution < -0.4 is 0 Å². The Balaban J connectivity index is 1.92. The first kappa shape index (κ1) is 16.1. The van der Waals surface area contributed by atoms with Crippen molar-refractivity contribution in [3.05, 3.63) is 69.6 Å². The van der Waals surface area contributed by atoms with E-state index < -0.39 is 16.7 Å². The highest BCUT2D eigenvalue weighted by atomic mass is 32.1. The van der Waals surface area contributed by atoms with Gasteiger partial charge in [-0.05, 0) is 24.3 Å². The van der Waals surface area contributed by atoms with Crippen LogP contribution in [-0.4, -0.2) is 9.91 Å². The van der Waals surface area contributed by atoms with Crippen molar-refractivity contribution in [2.45, 2.75) is 6.18 Å². The van der Waals surface area contributed by atoms with Gasteiger partial charge in [0, 0.05) is 28.6 Å². The maximum absolute atomic E-state index is 12.8. The molecule has 0 N–H and O–H groups in total. The number of non-ortho nitro benzene ring substituents is 1. The Morgan fingerprint density at radius 3 is 2.38 bits per heavy atom. The standard InChI is InChI=1S/C16H9F3N2O2S/c17-16(18,19)12-3-1-2-11(8-12)15-20-14(9-24-15)10-4-6-13(7-5-10)21(22)23/h1-9H. The summed E-state index contributed by atoms with van der Waals surface area (Å²) < 4.78 is 38.4. The van der Waals surface area contributed by atoms with E-state index in [0.717, 1.165) is 12.1 Å². The molecule has 2 aromatic carbocycles. The van der Waals surface area contributed by atoms with E-state index in [9.17, 15) is 23.3 Å². The fourth-order valence-electron chi connectivity index (χ4n) is 2.12. The summed E-state index contributed by atoms with van der Waals surface area (Å²) in [7, 11) is 0. The Labute approximate surface area is 138 Å². The third kappa shape index (κ3) is 3.28. The van der Waals surface area contributed by atoms with Crippen molar-refractivity contribution in [1.82, 2.24) is 4.98 Å². The lowest BCUT2D eigenvalue weighted by molar-refractivity contribution is -0.384. The Bertz CT molecular complexity index is 889. The van der Waals surface area contributed by atoms with Crippen LogP contribution in [-0.2, 0) is 6.18 Å². The second-order valence-corrected chi connectivity index (χ2v) is 5.78. The molecule has 0 aliphatic carbocycles. The van der Waals surface area contributed by atoms with Crippen molar-refractivity contribution in [3.63, 3.8) is 0 Å². The van der Waals surface area contributed by atoms with Gasteiger partial charge in [-0.2, -0.15) is 13.2 Å². The van der Waals surface area contributed by atoms with E-state index >= 15 is 0 Å². The molecule has 0 bridgehead atoms. The molecule has 0 atom stereocenters.